The molecule has 7 heteroatoms. The zero-order valence-corrected chi connectivity index (χ0v) is 14.7. The van der Waals surface area contributed by atoms with Crippen LogP contribution in [0.15, 0.2) is 47.6 Å². The summed E-state index contributed by atoms with van der Waals surface area (Å²) in [5, 5.41) is 3.33. The molecule has 0 saturated heterocycles. The lowest BCUT2D eigenvalue weighted by Gasteiger charge is -2.14. The molecule has 0 aliphatic carbocycles. The van der Waals surface area contributed by atoms with Gasteiger partial charge in [-0.3, -0.25) is 0 Å². The molecule has 126 valence electrons. The van der Waals surface area contributed by atoms with Crippen molar-refractivity contribution < 1.29 is 8.42 Å². The van der Waals surface area contributed by atoms with E-state index in [1.54, 1.807) is 6.07 Å². The summed E-state index contributed by atoms with van der Waals surface area (Å²) < 4.78 is 25.1. The van der Waals surface area contributed by atoms with Crippen LogP contribution in [0.2, 0.25) is 0 Å². The number of imidazole rings is 1. The van der Waals surface area contributed by atoms with Crippen LogP contribution in [-0.2, 0) is 16.4 Å². The van der Waals surface area contributed by atoms with Crippen molar-refractivity contribution in [3.8, 4) is 0 Å². The second-order valence-corrected chi connectivity index (χ2v) is 7.95. The largest absolute Gasteiger partial charge is 0.377 e. The Balaban J connectivity index is 1.84. The molecule has 0 amide bonds. The van der Waals surface area contributed by atoms with Crippen molar-refractivity contribution in [2.45, 2.75) is 31.5 Å². The number of nitrogens with zero attached hydrogens (tertiary/aromatic N) is 3. The van der Waals surface area contributed by atoms with Gasteiger partial charge in [0.2, 0.25) is 0 Å². The van der Waals surface area contributed by atoms with Gasteiger partial charge in [-0.25, -0.2) is 18.4 Å². The first-order valence-electron chi connectivity index (χ1n) is 7.72. The number of hydrogen-bond donors (Lipinski definition) is 1. The van der Waals surface area contributed by atoms with E-state index in [0.717, 1.165) is 28.8 Å². The second-order valence-electron chi connectivity index (χ2n) is 5.99. The number of benzene rings is 1. The first kappa shape index (κ1) is 16.4. The molecule has 2 heterocycles. The fourth-order valence-electron chi connectivity index (χ4n) is 2.68. The first-order valence-corrected chi connectivity index (χ1v) is 9.61. The third-order valence-corrected chi connectivity index (χ3v) is 4.75. The van der Waals surface area contributed by atoms with Gasteiger partial charge in [-0.2, -0.15) is 0 Å². The number of para-hydroxylation sites is 2. The summed E-state index contributed by atoms with van der Waals surface area (Å²) in [4.78, 5) is 8.67. The summed E-state index contributed by atoms with van der Waals surface area (Å²) in [7, 11) is -3.28. The highest BCUT2D eigenvalue weighted by molar-refractivity contribution is 7.90. The Hall–Kier alpha value is -2.41. The van der Waals surface area contributed by atoms with E-state index in [1.165, 1.54) is 12.3 Å². The minimum atomic E-state index is -3.28. The van der Waals surface area contributed by atoms with Gasteiger partial charge >= 0.3 is 0 Å². The van der Waals surface area contributed by atoms with Crippen molar-refractivity contribution >= 4 is 26.6 Å². The van der Waals surface area contributed by atoms with E-state index < -0.39 is 9.84 Å². The molecule has 0 atom stereocenters. The number of aromatic nitrogens is 3. The van der Waals surface area contributed by atoms with Crippen LogP contribution in [0.1, 0.15) is 25.7 Å². The molecule has 0 saturated carbocycles. The van der Waals surface area contributed by atoms with Crippen molar-refractivity contribution in [1.29, 1.82) is 0 Å². The number of sulfone groups is 1. The standard InChI is InChI=1S/C17H20N4O2S/c1-12(2)21-15-7-5-4-6-14(15)20-16(21)11-18-13-8-9-17(19-10-13)24(3,22)23/h4-10,12,18H,11H2,1-3H3. The minimum Gasteiger partial charge on any atom is -0.377 e. The van der Waals surface area contributed by atoms with E-state index in [9.17, 15) is 8.42 Å². The molecule has 3 rings (SSSR count). The molecule has 0 radical (unpaired) electrons. The number of pyridine rings is 1. The van der Waals surface area contributed by atoms with Crippen LogP contribution in [0.5, 0.6) is 0 Å². The third kappa shape index (κ3) is 3.26. The van der Waals surface area contributed by atoms with Crippen LogP contribution in [0.4, 0.5) is 5.69 Å². The maximum Gasteiger partial charge on any atom is 0.192 e. The zero-order chi connectivity index (χ0) is 17.3. The molecule has 24 heavy (non-hydrogen) atoms. The minimum absolute atomic E-state index is 0.0717. The lowest BCUT2D eigenvalue weighted by Crippen LogP contribution is -2.11. The topological polar surface area (TPSA) is 76.9 Å². The fraction of sp³-hybridized carbons (Fsp3) is 0.294. The molecule has 1 N–H and O–H groups in total. The zero-order valence-electron chi connectivity index (χ0n) is 13.9. The molecular weight excluding hydrogens is 324 g/mol. The summed E-state index contributed by atoms with van der Waals surface area (Å²) in [6, 6.07) is 11.6. The lowest BCUT2D eigenvalue weighted by molar-refractivity contribution is 0.589. The highest BCUT2D eigenvalue weighted by Crippen LogP contribution is 2.21. The molecule has 3 aromatic rings. The highest BCUT2D eigenvalue weighted by atomic mass is 32.2. The maximum atomic E-state index is 11.4. The Bertz CT molecular complexity index is 960. The number of hydrogen-bond acceptors (Lipinski definition) is 5. The van der Waals surface area contributed by atoms with Crippen LogP contribution in [0.3, 0.4) is 0 Å². The predicted octanol–water partition coefficient (Wildman–Crippen LogP) is 3.03. The van der Waals surface area contributed by atoms with E-state index in [1.807, 2.05) is 18.2 Å². The van der Waals surface area contributed by atoms with Crippen molar-refractivity contribution in [2.75, 3.05) is 11.6 Å². The van der Waals surface area contributed by atoms with Gasteiger partial charge in [-0.15, -0.1) is 0 Å². The van der Waals surface area contributed by atoms with Gasteiger partial charge in [0.25, 0.3) is 0 Å². The van der Waals surface area contributed by atoms with E-state index in [0.29, 0.717) is 12.6 Å². The lowest BCUT2D eigenvalue weighted by atomic mass is 10.3. The molecule has 0 bridgehead atoms. The van der Waals surface area contributed by atoms with Crippen LogP contribution in [0, 0.1) is 0 Å². The molecule has 2 aromatic heterocycles. The summed E-state index contributed by atoms with van der Waals surface area (Å²) in [6.45, 7) is 4.78. The van der Waals surface area contributed by atoms with E-state index in [-0.39, 0.29) is 5.03 Å². The van der Waals surface area contributed by atoms with Gasteiger partial charge in [0, 0.05) is 12.3 Å². The summed E-state index contributed by atoms with van der Waals surface area (Å²) in [5.41, 5.74) is 2.83. The monoisotopic (exact) mass is 344 g/mol. The number of anilines is 1. The van der Waals surface area contributed by atoms with E-state index in [2.05, 4.69) is 39.8 Å². The Labute approximate surface area is 141 Å². The van der Waals surface area contributed by atoms with Crippen LogP contribution < -0.4 is 5.32 Å². The summed E-state index contributed by atoms with van der Waals surface area (Å²) in [5.74, 6) is 0.929. The van der Waals surface area contributed by atoms with Crippen LogP contribution in [0.25, 0.3) is 11.0 Å². The quantitative estimate of drug-likeness (QED) is 0.770. The maximum absolute atomic E-state index is 11.4. The molecule has 0 spiro atoms. The molecule has 1 aromatic carbocycles. The van der Waals surface area contributed by atoms with Gasteiger partial charge in [0.05, 0.1) is 29.5 Å². The van der Waals surface area contributed by atoms with Gasteiger partial charge in [-0.05, 0) is 38.1 Å². The van der Waals surface area contributed by atoms with Crippen molar-refractivity contribution in [3.63, 3.8) is 0 Å². The fourth-order valence-corrected chi connectivity index (χ4v) is 3.24. The number of rotatable bonds is 5. The van der Waals surface area contributed by atoms with Gasteiger partial charge < -0.3 is 9.88 Å². The third-order valence-electron chi connectivity index (χ3n) is 3.75. The van der Waals surface area contributed by atoms with Crippen LogP contribution >= 0.6 is 0 Å². The average Bonchev–Trinajstić information content (AvgIpc) is 2.91. The number of nitrogens with one attached hydrogen (secondary N) is 1. The Kier molecular flexibility index (Phi) is 4.28. The van der Waals surface area contributed by atoms with Crippen LogP contribution in [-0.4, -0.2) is 29.2 Å². The molecule has 0 aliphatic heterocycles. The molecule has 0 unspecified atom stereocenters. The Morgan fingerprint density at radius 3 is 2.54 bits per heavy atom. The molecular formula is C17H20N4O2S. The average molecular weight is 344 g/mol. The Morgan fingerprint density at radius 1 is 1.17 bits per heavy atom. The van der Waals surface area contributed by atoms with Gasteiger partial charge in [0.15, 0.2) is 14.9 Å². The summed E-state index contributed by atoms with van der Waals surface area (Å²) >= 11 is 0. The number of fused-ring (bicyclic) bond motifs is 1. The van der Waals surface area contributed by atoms with Crippen molar-refractivity contribution in [3.05, 3.63) is 48.4 Å². The van der Waals surface area contributed by atoms with Crippen molar-refractivity contribution in [2.24, 2.45) is 0 Å². The van der Waals surface area contributed by atoms with Gasteiger partial charge in [-0.1, -0.05) is 12.1 Å². The second kappa shape index (κ2) is 6.24. The molecule has 0 aliphatic rings. The summed E-state index contributed by atoms with van der Waals surface area (Å²) in [6.07, 6.45) is 2.67. The highest BCUT2D eigenvalue weighted by Gasteiger charge is 2.13. The first-order chi connectivity index (χ1) is 11.4. The van der Waals surface area contributed by atoms with Crippen molar-refractivity contribution in [1.82, 2.24) is 14.5 Å². The molecule has 0 fully saturated rings. The smallest absolute Gasteiger partial charge is 0.192 e. The van der Waals surface area contributed by atoms with Gasteiger partial charge in [0.1, 0.15) is 5.82 Å². The normalized spacial score (nSPS) is 12.0. The Morgan fingerprint density at radius 2 is 1.92 bits per heavy atom. The van der Waals surface area contributed by atoms with E-state index >= 15 is 0 Å². The SMILES string of the molecule is CC(C)n1c(CNc2ccc(S(C)(=O)=O)nc2)nc2ccccc21. The van der Waals surface area contributed by atoms with E-state index in [4.69, 9.17) is 0 Å². The predicted molar refractivity (Wildman–Crippen MR) is 94.8 cm³/mol. The molecule has 6 nitrogen and oxygen atoms in total.